The Bertz CT molecular complexity index is 388. The third kappa shape index (κ3) is 2.25. The van der Waals surface area contributed by atoms with Crippen LogP contribution < -0.4 is 0 Å². The van der Waals surface area contributed by atoms with Crippen LogP contribution in [0.5, 0.6) is 0 Å². The highest BCUT2D eigenvalue weighted by atomic mass is 127. The van der Waals surface area contributed by atoms with Crippen molar-refractivity contribution >= 4 is 85.8 Å². The highest BCUT2D eigenvalue weighted by Gasteiger charge is 2.22. The van der Waals surface area contributed by atoms with Gasteiger partial charge in [-0.3, -0.25) is 4.79 Å². The Morgan fingerprint density at radius 2 is 1.36 bits per heavy atom. The maximum atomic E-state index is 11.0. The second kappa shape index (κ2) is 4.93. The van der Waals surface area contributed by atoms with Gasteiger partial charge in [0.1, 0.15) is 0 Å². The predicted octanol–water partition coefficient (Wildman–Crippen LogP) is 5.28. The molecular formula is C7Cl5IO. The van der Waals surface area contributed by atoms with Gasteiger partial charge >= 0.3 is 0 Å². The van der Waals surface area contributed by atoms with Crippen LogP contribution in [0.2, 0.25) is 20.1 Å². The minimum Gasteiger partial charge on any atom is -0.276 e. The number of carbonyl (C=O) groups is 1. The summed E-state index contributed by atoms with van der Waals surface area (Å²) in [7, 11) is 0. The molecule has 0 unspecified atom stereocenters. The molecule has 0 bridgehead atoms. The SMILES string of the molecule is O=C(Cl)c1c(Cl)c(Cl)c(Cl)c(Cl)c1I. The third-order valence-electron chi connectivity index (χ3n) is 1.41. The van der Waals surface area contributed by atoms with E-state index >= 15 is 0 Å². The lowest BCUT2D eigenvalue weighted by atomic mass is 10.2. The summed E-state index contributed by atoms with van der Waals surface area (Å²) in [5.41, 5.74) is 0.0772. The van der Waals surface area contributed by atoms with Crippen molar-refractivity contribution in [2.75, 3.05) is 0 Å². The van der Waals surface area contributed by atoms with Crippen molar-refractivity contribution in [3.63, 3.8) is 0 Å². The largest absolute Gasteiger partial charge is 0.276 e. The van der Waals surface area contributed by atoms with Crippen LogP contribution in [-0.4, -0.2) is 5.24 Å². The average Bonchev–Trinajstić information content (AvgIpc) is 2.11. The van der Waals surface area contributed by atoms with E-state index in [0.29, 0.717) is 3.57 Å². The van der Waals surface area contributed by atoms with Crippen molar-refractivity contribution in [3.05, 3.63) is 29.2 Å². The van der Waals surface area contributed by atoms with Crippen molar-refractivity contribution < 1.29 is 4.79 Å². The molecule has 7 heteroatoms. The number of benzene rings is 1. The van der Waals surface area contributed by atoms with E-state index in [1.54, 1.807) is 0 Å². The van der Waals surface area contributed by atoms with Crippen LogP contribution in [0.1, 0.15) is 10.4 Å². The summed E-state index contributed by atoms with van der Waals surface area (Å²) in [4.78, 5) is 11.0. The summed E-state index contributed by atoms with van der Waals surface area (Å²) in [5, 5.41) is -0.386. The Labute approximate surface area is 119 Å². The fraction of sp³-hybridized carbons (Fsp3) is 0. The van der Waals surface area contributed by atoms with E-state index in [0.717, 1.165) is 0 Å². The fourth-order valence-corrected chi connectivity index (χ4v) is 3.22. The van der Waals surface area contributed by atoms with E-state index in [1.165, 1.54) is 0 Å². The third-order valence-corrected chi connectivity index (χ3v) is 4.79. The zero-order valence-corrected chi connectivity index (χ0v) is 12.1. The molecule has 0 amide bonds. The fourth-order valence-electron chi connectivity index (χ4n) is 0.777. The molecule has 1 nitrogen and oxygen atoms in total. The second-order valence-electron chi connectivity index (χ2n) is 2.22. The van der Waals surface area contributed by atoms with Gasteiger partial charge in [0.05, 0.1) is 25.7 Å². The normalized spacial score (nSPS) is 10.4. The van der Waals surface area contributed by atoms with Crippen molar-refractivity contribution in [1.29, 1.82) is 0 Å². The lowest BCUT2D eigenvalue weighted by Gasteiger charge is -2.08. The molecule has 1 aromatic rings. The molecule has 0 N–H and O–H groups in total. The van der Waals surface area contributed by atoms with Gasteiger partial charge < -0.3 is 0 Å². The zero-order chi connectivity index (χ0) is 11.0. The smallest absolute Gasteiger partial charge is 0.255 e. The average molecular weight is 404 g/mol. The van der Waals surface area contributed by atoms with Crippen LogP contribution >= 0.6 is 80.6 Å². The maximum Gasteiger partial charge on any atom is 0.255 e. The van der Waals surface area contributed by atoms with Crippen LogP contribution in [0.15, 0.2) is 0 Å². The Morgan fingerprint density at radius 3 is 1.79 bits per heavy atom. The van der Waals surface area contributed by atoms with Crippen LogP contribution in [0, 0.1) is 3.57 Å². The standard InChI is InChI=1S/C7Cl5IO/c8-2-1(7(12)14)6(13)5(11)4(10)3(2)9. The lowest BCUT2D eigenvalue weighted by Crippen LogP contribution is -1.97. The topological polar surface area (TPSA) is 17.1 Å². The number of rotatable bonds is 1. The van der Waals surface area contributed by atoms with Crippen LogP contribution in [0.3, 0.4) is 0 Å². The van der Waals surface area contributed by atoms with E-state index in [9.17, 15) is 4.79 Å². The van der Waals surface area contributed by atoms with E-state index in [2.05, 4.69) is 0 Å². The molecule has 0 fully saturated rings. The first-order valence-electron chi connectivity index (χ1n) is 3.09. The summed E-state index contributed by atoms with van der Waals surface area (Å²) in [6, 6.07) is 0. The summed E-state index contributed by atoms with van der Waals surface area (Å²) in [6.45, 7) is 0. The Kier molecular flexibility index (Phi) is 4.63. The first-order valence-corrected chi connectivity index (χ1v) is 6.06. The van der Waals surface area contributed by atoms with Crippen molar-refractivity contribution in [1.82, 2.24) is 0 Å². The molecule has 0 spiro atoms. The van der Waals surface area contributed by atoms with Crippen molar-refractivity contribution in [3.8, 4) is 0 Å². The lowest BCUT2D eigenvalue weighted by molar-refractivity contribution is 0.108. The molecule has 0 heterocycles. The number of hydrogen-bond acceptors (Lipinski definition) is 1. The van der Waals surface area contributed by atoms with Gasteiger partial charge in [-0.25, -0.2) is 0 Å². The van der Waals surface area contributed by atoms with Gasteiger partial charge in [0.15, 0.2) is 0 Å². The monoisotopic (exact) mass is 402 g/mol. The van der Waals surface area contributed by atoms with Crippen molar-refractivity contribution in [2.24, 2.45) is 0 Å². The molecule has 0 aliphatic carbocycles. The van der Waals surface area contributed by atoms with Crippen molar-refractivity contribution in [2.45, 2.75) is 0 Å². The van der Waals surface area contributed by atoms with Gasteiger partial charge in [-0.2, -0.15) is 0 Å². The van der Waals surface area contributed by atoms with Gasteiger partial charge in [0.2, 0.25) is 0 Å². The maximum absolute atomic E-state index is 11.0. The Morgan fingerprint density at radius 1 is 0.929 bits per heavy atom. The van der Waals surface area contributed by atoms with Gasteiger partial charge in [-0.05, 0) is 34.2 Å². The quantitative estimate of drug-likeness (QED) is 0.269. The Balaban J connectivity index is 3.68. The molecule has 0 aromatic heterocycles. The van der Waals surface area contributed by atoms with Gasteiger partial charge in [0, 0.05) is 3.57 Å². The molecule has 1 aromatic carbocycles. The summed E-state index contributed by atoms with van der Waals surface area (Å²) < 4.78 is 0.392. The molecule has 14 heavy (non-hydrogen) atoms. The first-order chi connectivity index (χ1) is 6.37. The second-order valence-corrected chi connectivity index (χ2v) is 5.15. The zero-order valence-electron chi connectivity index (χ0n) is 6.18. The van der Waals surface area contributed by atoms with E-state index in [1.807, 2.05) is 22.6 Å². The Hall–Kier alpha value is 1.07. The molecule has 0 aliphatic rings. The molecule has 0 saturated heterocycles. The summed E-state index contributed by atoms with van der Waals surface area (Å²) >= 11 is 30.2. The minimum absolute atomic E-state index is 0.0190. The number of carbonyl (C=O) groups excluding carboxylic acids is 1. The van der Waals surface area contributed by atoms with Gasteiger partial charge in [-0.1, -0.05) is 46.4 Å². The summed E-state index contributed by atoms with van der Waals surface area (Å²) in [5.74, 6) is 0. The molecular weight excluding hydrogens is 404 g/mol. The van der Waals surface area contributed by atoms with Crippen LogP contribution in [0.25, 0.3) is 0 Å². The van der Waals surface area contributed by atoms with Gasteiger partial charge in [-0.15, -0.1) is 0 Å². The van der Waals surface area contributed by atoms with Crippen LogP contribution in [-0.2, 0) is 0 Å². The van der Waals surface area contributed by atoms with Crippen LogP contribution in [0.4, 0.5) is 0 Å². The van der Waals surface area contributed by atoms with E-state index in [-0.39, 0.29) is 25.7 Å². The van der Waals surface area contributed by atoms with Gasteiger partial charge in [0.25, 0.3) is 5.24 Å². The van der Waals surface area contributed by atoms with E-state index in [4.69, 9.17) is 58.0 Å². The molecule has 1 rings (SSSR count). The predicted molar refractivity (Wildman–Crippen MR) is 69.4 cm³/mol. The molecule has 0 saturated carbocycles. The first kappa shape index (κ1) is 13.1. The molecule has 0 atom stereocenters. The number of halogens is 6. The highest BCUT2D eigenvalue weighted by Crippen LogP contribution is 2.42. The molecule has 0 aliphatic heterocycles. The minimum atomic E-state index is -0.722. The molecule has 76 valence electrons. The summed E-state index contributed by atoms with van der Waals surface area (Å²) in [6.07, 6.45) is 0. The highest BCUT2D eigenvalue weighted by molar-refractivity contribution is 14.1. The van der Waals surface area contributed by atoms with E-state index < -0.39 is 5.24 Å². The molecule has 0 radical (unpaired) electrons. The number of hydrogen-bond donors (Lipinski definition) is 0.